The lowest BCUT2D eigenvalue weighted by Gasteiger charge is -2.16. The lowest BCUT2D eigenvalue weighted by molar-refractivity contribution is 0.311. The van der Waals surface area contributed by atoms with E-state index in [1.807, 2.05) is 54.0 Å². The van der Waals surface area contributed by atoms with Crippen LogP contribution in [-0.2, 0) is 0 Å². The molecule has 0 atom stereocenters. The Morgan fingerprint density at radius 1 is 0.879 bits per heavy atom. The Bertz CT molecular complexity index is 1250. The molecule has 9 heteroatoms. The van der Waals surface area contributed by atoms with E-state index in [4.69, 9.17) is 28.7 Å². The average molecular weight is 450 g/mol. The lowest BCUT2D eigenvalue weighted by atomic mass is 10.1. The second-order valence-corrected chi connectivity index (χ2v) is 6.97. The van der Waals surface area contributed by atoms with Crippen molar-refractivity contribution in [2.75, 3.05) is 40.4 Å². The Labute approximate surface area is 191 Å². The van der Waals surface area contributed by atoms with Gasteiger partial charge in [-0.1, -0.05) is 0 Å². The Hall–Kier alpha value is -4.14. The fourth-order valence-corrected chi connectivity index (χ4v) is 3.55. The number of hydrogen-bond donors (Lipinski definition) is 1. The molecule has 0 unspecified atom stereocenters. The zero-order valence-corrected chi connectivity index (χ0v) is 19.2. The molecule has 0 aliphatic rings. The number of rotatable bonds is 9. The van der Waals surface area contributed by atoms with E-state index < -0.39 is 0 Å². The number of nitrogens with one attached hydrogen (secondary N) is 1. The summed E-state index contributed by atoms with van der Waals surface area (Å²) in [6.45, 7) is 2.49. The third-order valence-corrected chi connectivity index (χ3v) is 5.06. The molecule has 0 amide bonds. The monoisotopic (exact) mass is 450 g/mol. The third kappa shape index (κ3) is 4.30. The van der Waals surface area contributed by atoms with Crippen LogP contribution in [0.4, 0.5) is 11.5 Å². The lowest BCUT2D eigenvalue weighted by Crippen LogP contribution is -2.02. The smallest absolute Gasteiger partial charge is 0.203 e. The molecule has 2 aromatic carbocycles. The van der Waals surface area contributed by atoms with Gasteiger partial charge in [0, 0.05) is 42.0 Å². The molecular weight excluding hydrogens is 424 g/mol. The molecule has 0 saturated carbocycles. The van der Waals surface area contributed by atoms with Crippen LogP contribution in [0.5, 0.6) is 28.7 Å². The summed E-state index contributed by atoms with van der Waals surface area (Å²) in [5.41, 5.74) is 2.99. The number of nitrogens with zero attached hydrogens (tertiary/aromatic N) is 3. The van der Waals surface area contributed by atoms with E-state index in [9.17, 15) is 0 Å². The second kappa shape index (κ2) is 9.56. The fraction of sp³-hybridized carbons (Fsp3) is 0.250. The summed E-state index contributed by atoms with van der Waals surface area (Å²) in [6, 6.07) is 9.36. The van der Waals surface area contributed by atoms with Crippen molar-refractivity contribution in [3.05, 3.63) is 48.9 Å². The van der Waals surface area contributed by atoms with Gasteiger partial charge in [-0.05, 0) is 25.1 Å². The van der Waals surface area contributed by atoms with Gasteiger partial charge in [0.1, 0.15) is 0 Å². The molecule has 0 saturated heterocycles. The molecule has 0 radical (unpaired) electrons. The molecule has 172 valence electrons. The van der Waals surface area contributed by atoms with Crippen LogP contribution in [0, 0.1) is 0 Å². The topological polar surface area (TPSA) is 88.4 Å². The Kier molecular flexibility index (Phi) is 6.39. The maximum atomic E-state index is 5.63. The molecule has 1 N–H and O–H groups in total. The molecule has 0 bridgehead atoms. The largest absolute Gasteiger partial charge is 0.493 e. The van der Waals surface area contributed by atoms with E-state index >= 15 is 0 Å². The molecule has 0 aliphatic heterocycles. The summed E-state index contributed by atoms with van der Waals surface area (Å²) < 4.78 is 29.4. The second-order valence-electron chi connectivity index (χ2n) is 6.97. The quantitative estimate of drug-likeness (QED) is 0.397. The van der Waals surface area contributed by atoms with Crippen LogP contribution >= 0.6 is 0 Å². The van der Waals surface area contributed by atoms with Crippen molar-refractivity contribution in [3.63, 3.8) is 0 Å². The van der Waals surface area contributed by atoms with Gasteiger partial charge in [-0.15, -0.1) is 0 Å². The van der Waals surface area contributed by atoms with Crippen LogP contribution < -0.4 is 29.0 Å². The number of methoxy groups -OCH3 is 4. The molecule has 2 aromatic heterocycles. The number of imidazole rings is 1. The first-order valence-electron chi connectivity index (χ1n) is 10.3. The van der Waals surface area contributed by atoms with Gasteiger partial charge in [0.25, 0.3) is 0 Å². The van der Waals surface area contributed by atoms with Gasteiger partial charge in [0.2, 0.25) is 5.75 Å². The SMILES string of the molecule is CCOc1ccc(-c2cn3ccnc3c(Nc3cc(OC)c(OC)c(OC)c3)n2)cc1OC. The molecule has 33 heavy (non-hydrogen) atoms. The van der Waals surface area contributed by atoms with Crippen LogP contribution in [0.1, 0.15) is 6.92 Å². The van der Waals surface area contributed by atoms with E-state index in [0.717, 1.165) is 11.3 Å². The number of anilines is 2. The van der Waals surface area contributed by atoms with Gasteiger partial charge >= 0.3 is 0 Å². The van der Waals surface area contributed by atoms with E-state index in [2.05, 4.69) is 10.3 Å². The van der Waals surface area contributed by atoms with Crippen molar-refractivity contribution in [1.82, 2.24) is 14.4 Å². The van der Waals surface area contributed by atoms with Gasteiger partial charge in [0.05, 0.1) is 40.7 Å². The zero-order valence-electron chi connectivity index (χ0n) is 19.2. The van der Waals surface area contributed by atoms with Crippen molar-refractivity contribution in [2.24, 2.45) is 0 Å². The number of aromatic nitrogens is 3. The molecule has 4 aromatic rings. The normalized spacial score (nSPS) is 10.7. The van der Waals surface area contributed by atoms with Crippen molar-refractivity contribution in [1.29, 1.82) is 0 Å². The summed E-state index contributed by atoms with van der Waals surface area (Å²) in [7, 11) is 6.33. The number of ether oxygens (including phenoxy) is 5. The highest BCUT2D eigenvalue weighted by atomic mass is 16.5. The van der Waals surface area contributed by atoms with E-state index in [-0.39, 0.29) is 0 Å². The van der Waals surface area contributed by atoms with Crippen molar-refractivity contribution in [2.45, 2.75) is 6.92 Å². The first kappa shape index (κ1) is 22.1. The van der Waals surface area contributed by atoms with Gasteiger partial charge in [0.15, 0.2) is 34.5 Å². The molecule has 9 nitrogen and oxygen atoms in total. The number of benzene rings is 2. The molecule has 2 heterocycles. The molecular formula is C24H26N4O5. The van der Waals surface area contributed by atoms with Gasteiger partial charge in [-0.2, -0.15) is 0 Å². The summed E-state index contributed by atoms with van der Waals surface area (Å²) in [6.07, 6.45) is 5.50. The highest BCUT2D eigenvalue weighted by Crippen LogP contribution is 2.41. The van der Waals surface area contributed by atoms with Crippen LogP contribution in [0.25, 0.3) is 16.9 Å². The average Bonchev–Trinajstić information content (AvgIpc) is 3.33. The molecule has 0 fully saturated rings. The van der Waals surface area contributed by atoms with Crippen molar-refractivity contribution >= 4 is 17.2 Å². The van der Waals surface area contributed by atoms with E-state index in [1.54, 1.807) is 34.6 Å². The molecule has 0 spiro atoms. The van der Waals surface area contributed by atoms with Crippen LogP contribution in [0.15, 0.2) is 48.9 Å². The first-order valence-corrected chi connectivity index (χ1v) is 10.3. The van der Waals surface area contributed by atoms with Crippen molar-refractivity contribution < 1.29 is 23.7 Å². The Morgan fingerprint density at radius 3 is 2.24 bits per heavy atom. The summed E-state index contributed by atoms with van der Waals surface area (Å²) in [5, 5.41) is 3.34. The molecule has 4 rings (SSSR count). The highest BCUT2D eigenvalue weighted by molar-refractivity contribution is 5.76. The number of fused-ring (bicyclic) bond motifs is 1. The predicted molar refractivity (Wildman–Crippen MR) is 126 cm³/mol. The summed E-state index contributed by atoms with van der Waals surface area (Å²) in [5.74, 6) is 3.47. The standard InChI is InChI=1S/C24H26N4O5/c1-6-33-18-8-7-15(11-19(18)29-2)17-14-28-10-9-25-24(28)23(27-17)26-16-12-20(30-3)22(32-5)21(13-16)31-4/h7-14H,6H2,1-5H3,(H,26,27). The summed E-state index contributed by atoms with van der Waals surface area (Å²) >= 11 is 0. The minimum absolute atomic E-state index is 0.514. The maximum Gasteiger partial charge on any atom is 0.203 e. The third-order valence-electron chi connectivity index (χ3n) is 5.06. The number of hydrogen-bond acceptors (Lipinski definition) is 8. The van der Waals surface area contributed by atoms with Gasteiger partial charge in [-0.25, -0.2) is 9.97 Å². The van der Waals surface area contributed by atoms with Gasteiger partial charge < -0.3 is 33.4 Å². The van der Waals surface area contributed by atoms with Crippen molar-refractivity contribution in [3.8, 4) is 40.0 Å². The predicted octanol–water partition coefficient (Wildman–Crippen LogP) is 4.57. The van der Waals surface area contributed by atoms with E-state index in [1.165, 1.54) is 0 Å². The Balaban J connectivity index is 1.78. The fourth-order valence-electron chi connectivity index (χ4n) is 3.55. The van der Waals surface area contributed by atoms with Gasteiger partial charge in [-0.3, -0.25) is 0 Å². The summed E-state index contributed by atoms with van der Waals surface area (Å²) in [4.78, 5) is 9.29. The Morgan fingerprint density at radius 2 is 1.61 bits per heavy atom. The molecule has 0 aliphatic carbocycles. The maximum absolute atomic E-state index is 5.63. The first-order chi connectivity index (χ1) is 16.1. The zero-order chi connectivity index (χ0) is 23.4. The highest BCUT2D eigenvalue weighted by Gasteiger charge is 2.16. The minimum atomic E-state index is 0.514. The van der Waals surface area contributed by atoms with E-state index in [0.29, 0.717) is 52.5 Å². The van der Waals surface area contributed by atoms with Crippen LogP contribution in [-0.4, -0.2) is 49.4 Å². The minimum Gasteiger partial charge on any atom is -0.493 e. The van der Waals surface area contributed by atoms with Crippen LogP contribution in [0.3, 0.4) is 0 Å². The van der Waals surface area contributed by atoms with Crippen LogP contribution in [0.2, 0.25) is 0 Å².